The van der Waals surface area contributed by atoms with Gasteiger partial charge < -0.3 is 5.11 Å². The van der Waals surface area contributed by atoms with Crippen LogP contribution in [-0.4, -0.2) is 10.9 Å². The van der Waals surface area contributed by atoms with Gasteiger partial charge in [-0.1, -0.05) is 44.0 Å². The summed E-state index contributed by atoms with van der Waals surface area (Å²) in [4.78, 5) is 12.2. The van der Waals surface area contributed by atoms with Crippen molar-refractivity contribution < 1.29 is 9.90 Å². The summed E-state index contributed by atoms with van der Waals surface area (Å²) in [5.74, 6) is -0.0552. The molecule has 4 heteroatoms. The zero-order chi connectivity index (χ0) is 12.2. The molecular formula is C12H12Cl2O2. The van der Waals surface area contributed by atoms with E-state index in [4.69, 9.17) is 23.2 Å². The maximum Gasteiger partial charge on any atom is 0.170 e. The predicted octanol–water partition coefficient (Wildman–Crippen LogP) is 4.03. The molecule has 1 N–H and O–H groups in total. The van der Waals surface area contributed by atoms with E-state index in [-0.39, 0.29) is 27.5 Å². The largest absolute Gasteiger partial charge is 0.506 e. The Kier molecular flexibility index (Phi) is 2.48. The third kappa shape index (κ3) is 1.30. The van der Waals surface area contributed by atoms with E-state index in [2.05, 4.69) is 0 Å². The molecule has 1 aromatic carbocycles. The van der Waals surface area contributed by atoms with Gasteiger partial charge in [-0.25, -0.2) is 0 Å². The number of ketones is 1. The number of hydrogen-bond acceptors (Lipinski definition) is 2. The second kappa shape index (κ2) is 3.38. The summed E-state index contributed by atoms with van der Waals surface area (Å²) in [5, 5.41) is 9.83. The normalized spacial score (nSPS) is 22.3. The number of aromatic hydroxyl groups is 1. The second-order valence-corrected chi connectivity index (χ2v) is 5.52. The molecule has 0 amide bonds. The summed E-state index contributed by atoms with van der Waals surface area (Å²) in [7, 11) is 0. The number of phenols is 1. The molecule has 0 saturated carbocycles. The van der Waals surface area contributed by atoms with Gasteiger partial charge in [0.05, 0.1) is 5.02 Å². The lowest BCUT2D eigenvalue weighted by atomic mass is 9.80. The van der Waals surface area contributed by atoms with Gasteiger partial charge in [-0.3, -0.25) is 4.79 Å². The standard InChI is InChI=1S/C12H12Cl2O2/c1-5-6-4-7(15)9(13)10(14)8(6)11(16)12(5,2)3/h4-5,15H,1-3H3. The van der Waals surface area contributed by atoms with Crippen molar-refractivity contribution in [1.29, 1.82) is 0 Å². The average molecular weight is 259 g/mol. The third-order valence-electron chi connectivity index (χ3n) is 3.58. The zero-order valence-electron chi connectivity index (χ0n) is 9.27. The van der Waals surface area contributed by atoms with E-state index in [1.165, 1.54) is 0 Å². The Hall–Kier alpha value is -0.730. The SMILES string of the molecule is CC1c2cc(O)c(Cl)c(Cl)c2C(=O)C1(C)C. The van der Waals surface area contributed by atoms with E-state index in [0.29, 0.717) is 5.56 Å². The number of rotatable bonds is 0. The minimum Gasteiger partial charge on any atom is -0.506 e. The number of benzene rings is 1. The monoisotopic (exact) mass is 258 g/mol. The molecule has 1 aliphatic carbocycles. The van der Waals surface area contributed by atoms with Gasteiger partial charge in [0, 0.05) is 11.0 Å². The Bertz CT molecular complexity index is 492. The maximum atomic E-state index is 12.2. The molecule has 1 aromatic rings. The molecule has 86 valence electrons. The molecule has 1 atom stereocenters. The molecule has 0 aliphatic heterocycles. The summed E-state index contributed by atoms with van der Waals surface area (Å²) < 4.78 is 0. The molecule has 1 aliphatic rings. The second-order valence-electron chi connectivity index (χ2n) is 4.76. The Balaban J connectivity index is 2.79. The molecule has 1 unspecified atom stereocenters. The van der Waals surface area contributed by atoms with E-state index >= 15 is 0 Å². The van der Waals surface area contributed by atoms with E-state index < -0.39 is 5.41 Å². The lowest BCUT2D eigenvalue weighted by Crippen LogP contribution is -2.22. The number of carbonyl (C=O) groups is 1. The van der Waals surface area contributed by atoms with Crippen molar-refractivity contribution >= 4 is 29.0 Å². The van der Waals surface area contributed by atoms with E-state index in [0.717, 1.165) is 5.56 Å². The van der Waals surface area contributed by atoms with Gasteiger partial charge in [-0.15, -0.1) is 0 Å². The molecule has 0 radical (unpaired) electrons. The first-order valence-electron chi connectivity index (χ1n) is 5.04. The van der Waals surface area contributed by atoms with E-state index in [1.807, 2.05) is 20.8 Å². The highest BCUT2D eigenvalue weighted by molar-refractivity contribution is 6.45. The molecular weight excluding hydrogens is 247 g/mol. The molecule has 2 nitrogen and oxygen atoms in total. The van der Waals surface area contributed by atoms with Crippen LogP contribution in [0.2, 0.25) is 10.0 Å². The minimum absolute atomic E-state index is 0.0121. The first-order chi connectivity index (χ1) is 7.28. The average Bonchev–Trinajstić information content (AvgIpc) is 2.38. The Morgan fingerprint density at radius 1 is 1.31 bits per heavy atom. The van der Waals surface area contributed by atoms with Crippen LogP contribution < -0.4 is 0 Å². The smallest absolute Gasteiger partial charge is 0.170 e. The van der Waals surface area contributed by atoms with Crippen LogP contribution >= 0.6 is 23.2 Å². The van der Waals surface area contributed by atoms with Crippen LogP contribution in [0.4, 0.5) is 0 Å². The van der Waals surface area contributed by atoms with Crippen molar-refractivity contribution in [3.8, 4) is 5.75 Å². The van der Waals surface area contributed by atoms with Crippen LogP contribution in [0.5, 0.6) is 5.75 Å². The molecule has 2 rings (SSSR count). The van der Waals surface area contributed by atoms with Crippen LogP contribution in [-0.2, 0) is 0 Å². The number of halogens is 2. The fraction of sp³-hybridized carbons (Fsp3) is 0.417. The lowest BCUT2D eigenvalue weighted by Gasteiger charge is -2.21. The summed E-state index contributed by atoms with van der Waals surface area (Å²) >= 11 is 11.9. The van der Waals surface area contributed by atoms with Crippen LogP contribution in [0, 0.1) is 5.41 Å². The van der Waals surface area contributed by atoms with Gasteiger partial charge in [0.1, 0.15) is 10.8 Å². The number of phenolic OH excluding ortho intramolecular Hbond substituents is 1. The highest BCUT2D eigenvalue weighted by Crippen LogP contribution is 2.51. The molecule has 0 bridgehead atoms. The van der Waals surface area contributed by atoms with Crippen molar-refractivity contribution in [3.63, 3.8) is 0 Å². The fourth-order valence-corrected chi connectivity index (χ4v) is 2.55. The van der Waals surface area contributed by atoms with Crippen LogP contribution in [0.25, 0.3) is 0 Å². The predicted molar refractivity (Wildman–Crippen MR) is 64.7 cm³/mol. The van der Waals surface area contributed by atoms with Crippen LogP contribution in [0.1, 0.15) is 42.6 Å². The van der Waals surface area contributed by atoms with E-state index in [1.54, 1.807) is 6.07 Å². The Morgan fingerprint density at radius 3 is 2.44 bits per heavy atom. The van der Waals surface area contributed by atoms with Gasteiger partial charge >= 0.3 is 0 Å². The maximum absolute atomic E-state index is 12.2. The first-order valence-corrected chi connectivity index (χ1v) is 5.79. The minimum atomic E-state index is -0.497. The van der Waals surface area contributed by atoms with Gasteiger partial charge in [0.2, 0.25) is 0 Å². The molecule has 0 fully saturated rings. The fourth-order valence-electron chi connectivity index (χ4n) is 2.11. The quantitative estimate of drug-likeness (QED) is 0.763. The summed E-state index contributed by atoms with van der Waals surface area (Å²) in [6.07, 6.45) is 0. The van der Waals surface area contributed by atoms with Crippen LogP contribution in [0.3, 0.4) is 0 Å². The highest BCUT2D eigenvalue weighted by atomic mass is 35.5. The number of fused-ring (bicyclic) bond motifs is 1. The molecule has 0 heterocycles. The summed E-state index contributed by atoms with van der Waals surface area (Å²) in [5.41, 5.74) is 0.743. The van der Waals surface area contributed by atoms with Gasteiger partial charge in [-0.05, 0) is 17.5 Å². The zero-order valence-corrected chi connectivity index (χ0v) is 10.8. The number of carbonyl (C=O) groups excluding carboxylic acids is 1. The van der Waals surface area contributed by atoms with Crippen molar-refractivity contribution in [2.45, 2.75) is 26.7 Å². The first kappa shape index (κ1) is 11.7. The van der Waals surface area contributed by atoms with Gasteiger partial charge in [-0.2, -0.15) is 0 Å². The molecule has 0 spiro atoms. The highest BCUT2D eigenvalue weighted by Gasteiger charge is 2.45. The van der Waals surface area contributed by atoms with Crippen LogP contribution in [0.15, 0.2) is 6.07 Å². The summed E-state index contributed by atoms with van der Waals surface area (Å²) in [6, 6.07) is 1.54. The number of Topliss-reactive ketones (excluding diaryl/α,β-unsaturated/α-hetero) is 1. The molecule has 0 aromatic heterocycles. The molecule has 16 heavy (non-hydrogen) atoms. The van der Waals surface area contributed by atoms with Crippen molar-refractivity contribution in [2.75, 3.05) is 0 Å². The lowest BCUT2D eigenvalue weighted by molar-refractivity contribution is 0.0841. The Morgan fingerprint density at radius 2 is 1.88 bits per heavy atom. The number of hydrogen-bond donors (Lipinski definition) is 1. The Labute approximate surface area is 104 Å². The molecule has 0 saturated heterocycles. The van der Waals surface area contributed by atoms with Crippen molar-refractivity contribution in [1.82, 2.24) is 0 Å². The third-order valence-corrected chi connectivity index (χ3v) is 4.44. The van der Waals surface area contributed by atoms with Gasteiger partial charge in [0.15, 0.2) is 5.78 Å². The van der Waals surface area contributed by atoms with Crippen molar-refractivity contribution in [3.05, 3.63) is 27.2 Å². The van der Waals surface area contributed by atoms with E-state index in [9.17, 15) is 9.90 Å². The topological polar surface area (TPSA) is 37.3 Å². The summed E-state index contributed by atoms with van der Waals surface area (Å²) in [6.45, 7) is 5.70. The van der Waals surface area contributed by atoms with Crippen molar-refractivity contribution in [2.24, 2.45) is 5.41 Å². The van der Waals surface area contributed by atoms with Gasteiger partial charge in [0.25, 0.3) is 0 Å².